The molecule has 0 saturated heterocycles. The number of nitro benzene ring substituents is 1. The highest BCUT2D eigenvalue weighted by Gasteiger charge is 2.28. The molecule has 0 aromatic heterocycles. The van der Waals surface area contributed by atoms with Crippen molar-refractivity contribution in [2.45, 2.75) is 12.5 Å². The predicted octanol–water partition coefficient (Wildman–Crippen LogP) is 4.34. The van der Waals surface area contributed by atoms with E-state index in [2.05, 4.69) is 17.4 Å². The molecule has 0 radical (unpaired) electrons. The van der Waals surface area contributed by atoms with Crippen LogP contribution in [0.25, 0.3) is 11.1 Å². The van der Waals surface area contributed by atoms with Crippen molar-refractivity contribution in [3.05, 3.63) is 93.5 Å². The molecule has 1 aliphatic carbocycles. The van der Waals surface area contributed by atoms with Gasteiger partial charge in [0, 0.05) is 24.1 Å². The summed E-state index contributed by atoms with van der Waals surface area (Å²) in [6.45, 7) is 0.187. The molecule has 146 valence electrons. The van der Waals surface area contributed by atoms with Crippen molar-refractivity contribution < 1.29 is 19.6 Å². The van der Waals surface area contributed by atoms with E-state index in [0.717, 1.165) is 28.3 Å². The van der Waals surface area contributed by atoms with Crippen LogP contribution < -0.4 is 5.32 Å². The van der Waals surface area contributed by atoms with Gasteiger partial charge in [0.25, 0.3) is 5.69 Å². The van der Waals surface area contributed by atoms with Gasteiger partial charge in [-0.15, -0.1) is 0 Å². The Balaban J connectivity index is 1.40. The molecule has 29 heavy (non-hydrogen) atoms. The molecule has 0 bridgehead atoms. The summed E-state index contributed by atoms with van der Waals surface area (Å²) >= 11 is 0. The molecular weight excluding hydrogens is 372 g/mol. The molecule has 3 aromatic rings. The highest BCUT2D eigenvalue weighted by atomic mass is 16.6. The Morgan fingerprint density at radius 3 is 2.24 bits per heavy atom. The highest BCUT2D eigenvalue weighted by molar-refractivity contribution is 5.79. The van der Waals surface area contributed by atoms with E-state index >= 15 is 0 Å². The van der Waals surface area contributed by atoms with Crippen LogP contribution in [0, 0.1) is 10.1 Å². The smallest absolute Gasteiger partial charge is 0.407 e. The summed E-state index contributed by atoms with van der Waals surface area (Å²) in [6, 6.07) is 19.8. The maximum absolute atomic E-state index is 12.2. The van der Waals surface area contributed by atoms with E-state index in [-0.39, 0.29) is 30.5 Å². The summed E-state index contributed by atoms with van der Waals surface area (Å²) in [6.07, 6.45) is -0.621. The largest absolute Gasteiger partial charge is 0.507 e. The average molecular weight is 390 g/mol. The number of nitrogens with zero attached hydrogens (tertiary/aromatic N) is 1. The third-order valence-electron chi connectivity index (χ3n) is 5.05. The van der Waals surface area contributed by atoms with Crippen molar-refractivity contribution in [3.63, 3.8) is 0 Å². The van der Waals surface area contributed by atoms with E-state index in [0.29, 0.717) is 5.56 Å². The van der Waals surface area contributed by atoms with Crippen LogP contribution in [0.4, 0.5) is 10.5 Å². The van der Waals surface area contributed by atoms with Crippen LogP contribution in [0.5, 0.6) is 5.75 Å². The second-order valence-electron chi connectivity index (χ2n) is 6.75. The first-order valence-electron chi connectivity index (χ1n) is 9.09. The summed E-state index contributed by atoms with van der Waals surface area (Å²) in [4.78, 5) is 22.3. The summed E-state index contributed by atoms with van der Waals surface area (Å²) < 4.78 is 5.42. The van der Waals surface area contributed by atoms with Crippen molar-refractivity contribution in [2.24, 2.45) is 0 Å². The standard InChI is InChI=1S/C22H18N2O5/c25-21-11-15(24(27)28)10-9-14(21)12-23-22(26)29-13-20-18-7-3-1-5-16(18)17-6-2-4-8-19(17)20/h1-11,20,25H,12-13H2,(H,23,26). The number of rotatable bonds is 5. The predicted molar refractivity (Wildman–Crippen MR) is 107 cm³/mol. The monoisotopic (exact) mass is 390 g/mol. The minimum absolute atomic E-state index is 0.000498. The van der Waals surface area contributed by atoms with Gasteiger partial charge in [-0.2, -0.15) is 0 Å². The molecule has 4 rings (SSSR count). The molecule has 1 amide bonds. The van der Waals surface area contributed by atoms with Gasteiger partial charge in [0.05, 0.1) is 11.0 Å². The highest BCUT2D eigenvalue weighted by Crippen LogP contribution is 2.44. The molecular formula is C22H18N2O5. The third kappa shape index (κ3) is 3.62. The van der Waals surface area contributed by atoms with Gasteiger partial charge in [-0.05, 0) is 28.3 Å². The lowest BCUT2D eigenvalue weighted by atomic mass is 9.98. The first-order valence-corrected chi connectivity index (χ1v) is 9.09. The van der Waals surface area contributed by atoms with Crippen LogP contribution in [0.1, 0.15) is 22.6 Å². The van der Waals surface area contributed by atoms with Crippen molar-refractivity contribution >= 4 is 11.8 Å². The van der Waals surface area contributed by atoms with E-state index < -0.39 is 11.0 Å². The molecule has 0 saturated carbocycles. The number of carbonyl (C=O) groups is 1. The van der Waals surface area contributed by atoms with Gasteiger partial charge in [-0.3, -0.25) is 10.1 Å². The topological polar surface area (TPSA) is 102 Å². The Kier molecular flexibility index (Phi) is 4.87. The zero-order valence-electron chi connectivity index (χ0n) is 15.4. The van der Waals surface area contributed by atoms with E-state index in [1.807, 2.05) is 36.4 Å². The van der Waals surface area contributed by atoms with Gasteiger partial charge in [0.2, 0.25) is 0 Å². The third-order valence-corrected chi connectivity index (χ3v) is 5.05. The molecule has 0 aliphatic heterocycles. The van der Waals surface area contributed by atoms with Gasteiger partial charge in [0.1, 0.15) is 12.4 Å². The molecule has 0 heterocycles. The second kappa shape index (κ2) is 7.63. The van der Waals surface area contributed by atoms with Gasteiger partial charge in [-0.25, -0.2) is 4.79 Å². The first-order chi connectivity index (χ1) is 14.0. The number of alkyl carbamates (subject to hydrolysis) is 1. The number of phenols is 1. The zero-order chi connectivity index (χ0) is 20.4. The number of hydrogen-bond donors (Lipinski definition) is 2. The van der Waals surface area contributed by atoms with Crippen LogP contribution in [-0.2, 0) is 11.3 Å². The molecule has 0 fully saturated rings. The Morgan fingerprint density at radius 1 is 1.03 bits per heavy atom. The lowest BCUT2D eigenvalue weighted by Crippen LogP contribution is -2.25. The number of phenolic OH excluding ortho intramolecular Hbond substituents is 1. The average Bonchev–Trinajstić information content (AvgIpc) is 3.05. The molecule has 2 N–H and O–H groups in total. The van der Waals surface area contributed by atoms with Gasteiger partial charge < -0.3 is 15.2 Å². The van der Waals surface area contributed by atoms with Crippen molar-refractivity contribution in [1.29, 1.82) is 0 Å². The first kappa shape index (κ1) is 18.5. The number of nitro groups is 1. The van der Waals surface area contributed by atoms with E-state index in [9.17, 15) is 20.0 Å². The lowest BCUT2D eigenvalue weighted by molar-refractivity contribution is -0.384. The van der Waals surface area contributed by atoms with Crippen molar-refractivity contribution in [2.75, 3.05) is 6.61 Å². The molecule has 0 unspecified atom stereocenters. The van der Waals surface area contributed by atoms with Crippen LogP contribution in [0.15, 0.2) is 66.7 Å². The van der Waals surface area contributed by atoms with E-state index in [1.165, 1.54) is 12.1 Å². The summed E-state index contributed by atoms with van der Waals surface area (Å²) in [5, 5.41) is 23.2. The fourth-order valence-corrected chi connectivity index (χ4v) is 3.63. The van der Waals surface area contributed by atoms with Crippen LogP contribution in [0.3, 0.4) is 0 Å². The summed E-state index contributed by atoms with van der Waals surface area (Å²) in [5.41, 5.74) is 4.68. The number of nitrogens with one attached hydrogen (secondary N) is 1. The Hall–Kier alpha value is -3.87. The minimum atomic E-state index is -0.621. The molecule has 0 atom stereocenters. The Labute approximate surface area is 166 Å². The molecule has 3 aromatic carbocycles. The maximum Gasteiger partial charge on any atom is 0.407 e. The van der Waals surface area contributed by atoms with E-state index in [1.54, 1.807) is 0 Å². The molecule has 1 aliphatic rings. The fraction of sp³-hybridized carbons (Fsp3) is 0.136. The molecule has 7 nitrogen and oxygen atoms in total. The maximum atomic E-state index is 12.2. The Bertz CT molecular complexity index is 1050. The molecule has 7 heteroatoms. The van der Waals surface area contributed by atoms with Crippen LogP contribution >= 0.6 is 0 Å². The Morgan fingerprint density at radius 2 is 1.66 bits per heavy atom. The van der Waals surface area contributed by atoms with Gasteiger partial charge >= 0.3 is 6.09 Å². The normalized spacial score (nSPS) is 12.1. The number of carbonyl (C=O) groups excluding carboxylic acids is 1. The number of non-ortho nitro benzene ring substituents is 1. The molecule has 0 spiro atoms. The summed E-state index contributed by atoms with van der Waals surface area (Å²) in [7, 11) is 0. The van der Waals surface area contributed by atoms with Crippen molar-refractivity contribution in [3.8, 4) is 16.9 Å². The number of ether oxygens (including phenoxy) is 1. The number of amides is 1. The van der Waals surface area contributed by atoms with Crippen molar-refractivity contribution in [1.82, 2.24) is 5.32 Å². The number of hydrogen-bond acceptors (Lipinski definition) is 5. The van der Waals surface area contributed by atoms with E-state index in [4.69, 9.17) is 4.74 Å². The zero-order valence-corrected chi connectivity index (χ0v) is 15.4. The number of benzene rings is 3. The van der Waals surface area contributed by atoms with Gasteiger partial charge in [0.15, 0.2) is 0 Å². The quantitative estimate of drug-likeness (QED) is 0.498. The SMILES string of the molecule is O=C(NCc1ccc([N+](=O)[O-])cc1O)OCC1c2ccccc2-c2ccccc21. The van der Waals surface area contributed by atoms with Crippen LogP contribution in [0.2, 0.25) is 0 Å². The summed E-state index contributed by atoms with van der Waals surface area (Å²) in [5.74, 6) is -0.293. The van der Waals surface area contributed by atoms with Crippen LogP contribution in [-0.4, -0.2) is 22.7 Å². The second-order valence-corrected chi connectivity index (χ2v) is 6.75. The lowest BCUT2D eigenvalue weighted by Gasteiger charge is -2.14. The number of aromatic hydroxyl groups is 1. The fourth-order valence-electron chi connectivity index (χ4n) is 3.63. The van der Waals surface area contributed by atoms with Gasteiger partial charge in [-0.1, -0.05) is 48.5 Å². The number of fused-ring (bicyclic) bond motifs is 3. The minimum Gasteiger partial charge on any atom is -0.507 e.